The molecule has 1 aliphatic rings. The van der Waals surface area contributed by atoms with Gasteiger partial charge in [-0.3, -0.25) is 19.5 Å². The van der Waals surface area contributed by atoms with Gasteiger partial charge in [0.25, 0.3) is 5.91 Å². The molecule has 2 aromatic rings. The molecule has 3 N–H and O–H groups in total. The summed E-state index contributed by atoms with van der Waals surface area (Å²) in [5, 5.41) is 21.4. The molecule has 10 heteroatoms. The number of benzene rings is 2. The topological polar surface area (TPSA) is 119 Å². The van der Waals surface area contributed by atoms with Crippen LogP contribution in [0.4, 0.5) is 11.4 Å². The zero-order valence-electron chi connectivity index (χ0n) is 14.0. The molecule has 0 aromatic heterocycles. The van der Waals surface area contributed by atoms with Crippen molar-refractivity contribution < 1.29 is 24.6 Å². The monoisotopic (exact) mass is 417 g/mol. The Bertz CT molecular complexity index is 1020. The number of nitrogens with zero attached hydrogens (tertiary/aromatic N) is 2. The van der Waals surface area contributed by atoms with E-state index >= 15 is 0 Å². The first-order chi connectivity index (χ1) is 13.3. The summed E-state index contributed by atoms with van der Waals surface area (Å²) < 4.78 is 0. The third kappa shape index (κ3) is 3.85. The SMILES string of the molecule is O=C(O)c1cc(N=C[C@H]2C(=O)NC(=S)N(c3ccc(Cl)cc3)C2=O)ccc1O. The molecule has 1 fully saturated rings. The fourth-order valence-electron chi connectivity index (χ4n) is 2.49. The summed E-state index contributed by atoms with van der Waals surface area (Å²) in [6.07, 6.45) is 1.10. The number of phenols is 1. The number of anilines is 1. The maximum absolute atomic E-state index is 12.8. The highest BCUT2D eigenvalue weighted by atomic mass is 35.5. The third-order valence-corrected chi connectivity index (χ3v) is 4.41. The van der Waals surface area contributed by atoms with Gasteiger partial charge in [-0.25, -0.2) is 4.79 Å². The molecule has 2 amide bonds. The van der Waals surface area contributed by atoms with Crippen LogP contribution in [0.15, 0.2) is 47.5 Å². The Hall–Kier alpha value is -3.30. The van der Waals surface area contributed by atoms with Crippen molar-refractivity contribution in [2.45, 2.75) is 0 Å². The second-order valence-corrected chi connectivity index (χ2v) is 6.53. The van der Waals surface area contributed by atoms with Gasteiger partial charge in [-0.1, -0.05) is 11.6 Å². The molecule has 142 valence electrons. The maximum Gasteiger partial charge on any atom is 0.339 e. The van der Waals surface area contributed by atoms with E-state index in [0.717, 1.165) is 23.2 Å². The Balaban J connectivity index is 1.89. The lowest BCUT2D eigenvalue weighted by molar-refractivity contribution is -0.130. The van der Waals surface area contributed by atoms with Crippen molar-refractivity contribution >= 4 is 64.3 Å². The number of halogens is 1. The molecular formula is C18H12ClN3O5S. The normalized spacial score (nSPS) is 17.1. The van der Waals surface area contributed by atoms with Gasteiger partial charge < -0.3 is 15.5 Å². The number of rotatable bonds is 4. The quantitative estimate of drug-likeness (QED) is 0.399. The number of aromatic carboxylic acids is 1. The number of hydrogen-bond acceptors (Lipinski definition) is 6. The van der Waals surface area contributed by atoms with E-state index in [1.807, 2.05) is 0 Å². The number of aliphatic imine (C=N–C) groups is 1. The lowest BCUT2D eigenvalue weighted by Crippen LogP contribution is -2.58. The van der Waals surface area contributed by atoms with Crippen LogP contribution >= 0.6 is 23.8 Å². The Morgan fingerprint density at radius 3 is 2.54 bits per heavy atom. The lowest BCUT2D eigenvalue weighted by atomic mass is 10.1. The minimum absolute atomic E-state index is 0.0697. The molecule has 28 heavy (non-hydrogen) atoms. The second-order valence-electron chi connectivity index (χ2n) is 5.71. The summed E-state index contributed by atoms with van der Waals surface area (Å²) in [7, 11) is 0. The smallest absolute Gasteiger partial charge is 0.339 e. The number of nitrogens with one attached hydrogen (secondary N) is 1. The van der Waals surface area contributed by atoms with Crippen LogP contribution in [0.3, 0.4) is 0 Å². The predicted molar refractivity (Wildman–Crippen MR) is 106 cm³/mol. The van der Waals surface area contributed by atoms with E-state index in [9.17, 15) is 19.5 Å². The van der Waals surface area contributed by atoms with Gasteiger partial charge in [0.05, 0.1) is 11.4 Å². The Kier molecular flexibility index (Phi) is 5.39. The fraction of sp³-hybridized carbons (Fsp3) is 0.0556. The van der Waals surface area contributed by atoms with Crippen molar-refractivity contribution in [3.63, 3.8) is 0 Å². The summed E-state index contributed by atoms with van der Waals surface area (Å²) in [6.45, 7) is 0. The first kappa shape index (κ1) is 19.5. The number of amides is 2. The average molecular weight is 418 g/mol. The molecule has 1 heterocycles. The molecular weight excluding hydrogens is 406 g/mol. The van der Waals surface area contributed by atoms with Crippen LogP contribution in [-0.4, -0.2) is 39.3 Å². The van der Waals surface area contributed by atoms with E-state index in [-0.39, 0.29) is 16.4 Å². The summed E-state index contributed by atoms with van der Waals surface area (Å²) in [4.78, 5) is 41.3. The van der Waals surface area contributed by atoms with Gasteiger partial charge in [-0.05, 0) is 54.7 Å². The standard InChI is InChI=1S/C18H12ClN3O5S/c19-9-1-4-11(5-2-9)22-16(25)13(15(24)21-18(22)28)8-20-10-3-6-14(23)12(7-10)17(26)27/h1-8,13,23H,(H,26,27)(H,21,24,28)/t13-/m0/s1. The number of carbonyl (C=O) groups is 3. The maximum atomic E-state index is 12.8. The zero-order chi connectivity index (χ0) is 20.4. The summed E-state index contributed by atoms with van der Waals surface area (Å²) in [5.74, 6) is -4.29. The molecule has 0 radical (unpaired) electrons. The van der Waals surface area contributed by atoms with Gasteiger partial charge in [0.2, 0.25) is 5.91 Å². The highest BCUT2D eigenvalue weighted by Gasteiger charge is 2.38. The van der Waals surface area contributed by atoms with Crippen LogP contribution in [0.5, 0.6) is 5.75 Å². The van der Waals surface area contributed by atoms with Gasteiger partial charge in [0, 0.05) is 11.2 Å². The predicted octanol–water partition coefficient (Wildman–Crippen LogP) is 2.51. The van der Waals surface area contributed by atoms with Crippen LogP contribution in [0.1, 0.15) is 10.4 Å². The fourth-order valence-corrected chi connectivity index (χ4v) is 2.91. The van der Waals surface area contributed by atoms with Crippen LogP contribution in [0.25, 0.3) is 0 Å². The van der Waals surface area contributed by atoms with Crippen LogP contribution in [0, 0.1) is 5.92 Å². The van der Waals surface area contributed by atoms with Crippen LogP contribution in [-0.2, 0) is 9.59 Å². The molecule has 2 aromatic carbocycles. The van der Waals surface area contributed by atoms with Gasteiger partial charge >= 0.3 is 5.97 Å². The summed E-state index contributed by atoms with van der Waals surface area (Å²) in [6, 6.07) is 9.96. The van der Waals surface area contributed by atoms with Crippen molar-refractivity contribution in [2.75, 3.05) is 4.90 Å². The molecule has 0 spiro atoms. The molecule has 1 atom stereocenters. The number of carboxylic acids is 1. The van der Waals surface area contributed by atoms with Crippen molar-refractivity contribution in [2.24, 2.45) is 10.9 Å². The third-order valence-electron chi connectivity index (χ3n) is 3.87. The van der Waals surface area contributed by atoms with E-state index in [0.29, 0.717) is 10.7 Å². The lowest BCUT2D eigenvalue weighted by Gasteiger charge is -2.30. The van der Waals surface area contributed by atoms with E-state index in [4.69, 9.17) is 28.9 Å². The molecule has 0 bridgehead atoms. The molecule has 0 aliphatic carbocycles. The zero-order valence-corrected chi connectivity index (χ0v) is 15.6. The summed E-state index contributed by atoms with van der Waals surface area (Å²) in [5.41, 5.74) is 0.232. The highest BCUT2D eigenvalue weighted by molar-refractivity contribution is 7.80. The summed E-state index contributed by atoms with van der Waals surface area (Å²) >= 11 is 10.9. The van der Waals surface area contributed by atoms with E-state index < -0.39 is 29.5 Å². The van der Waals surface area contributed by atoms with Crippen molar-refractivity contribution in [3.8, 4) is 5.75 Å². The second kappa shape index (κ2) is 7.75. The number of thiocarbonyl (C=S) groups is 1. The van der Waals surface area contributed by atoms with Gasteiger partial charge in [0.1, 0.15) is 11.3 Å². The van der Waals surface area contributed by atoms with Crippen molar-refractivity contribution in [3.05, 3.63) is 53.1 Å². The van der Waals surface area contributed by atoms with E-state index in [1.165, 1.54) is 6.07 Å². The molecule has 1 aliphatic heterocycles. The molecule has 0 unspecified atom stereocenters. The van der Waals surface area contributed by atoms with Gasteiger partial charge in [-0.2, -0.15) is 0 Å². The van der Waals surface area contributed by atoms with E-state index in [1.54, 1.807) is 24.3 Å². The number of carbonyl (C=O) groups excluding carboxylic acids is 2. The minimum Gasteiger partial charge on any atom is -0.507 e. The largest absolute Gasteiger partial charge is 0.507 e. The van der Waals surface area contributed by atoms with Crippen molar-refractivity contribution in [1.82, 2.24) is 5.32 Å². The number of hydrogen-bond donors (Lipinski definition) is 3. The van der Waals surface area contributed by atoms with Crippen LogP contribution in [0.2, 0.25) is 5.02 Å². The average Bonchev–Trinajstić information content (AvgIpc) is 2.63. The Morgan fingerprint density at radius 2 is 1.89 bits per heavy atom. The molecule has 8 nitrogen and oxygen atoms in total. The molecule has 1 saturated heterocycles. The van der Waals surface area contributed by atoms with Crippen LogP contribution < -0.4 is 10.2 Å². The molecule has 3 rings (SSSR count). The Morgan fingerprint density at radius 1 is 1.21 bits per heavy atom. The minimum atomic E-state index is -1.33. The first-order valence-corrected chi connectivity index (χ1v) is 8.61. The van der Waals surface area contributed by atoms with E-state index in [2.05, 4.69) is 10.3 Å². The number of carboxylic acid groups (broad SMARTS) is 1. The Labute approximate surface area is 169 Å². The molecule has 0 saturated carbocycles. The highest BCUT2D eigenvalue weighted by Crippen LogP contribution is 2.25. The van der Waals surface area contributed by atoms with Gasteiger partial charge in [0.15, 0.2) is 11.0 Å². The first-order valence-electron chi connectivity index (χ1n) is 7.83. The van der Waals surface area contributed by atoms with Crippen molar-refractivity contribution in [1.29, 1.82) is 0 Å². The van der Waals surface area contributed by atoms with Gasteiger partial charge in [-0.15, -0.1) is 0 Å². The number of aromatic hydroxyl groups is 1.